The zero-order valence-corrected chi connectivity index (χ0v) is 11.7. The molecule has 1 aliphatic carbocycles. The molecule has 0 bridgehead atoms. The van der Waals surface area contributed by atoms with Crippen LogP contribution in [0.2, 0.25) is 0 Å². The molecule has 0 heterocycles. The molecule has 100 valence electrons. The minimum absolute atomic E-state index is 0.0761. The maximum Gasteiger partial charge on any atom is 0.326 e. The van der Waals surface area contributed by atoms with E-state index in [1.54, 1.807) is 0 Å². The minimum atomic E-state index is -0.415. The lowest BCUT2D eigenvalue weighted by Gasteiger charge is -2.39. The first-order chi connectivity index (χ1) is 8.04. The molecule has 1 fully saturated rings. The van der Waals surface area contributed by atoms with Crippen molar-refractivity contribution in [3.05, 3.63) is 0 Å². The average Bonchev–Trinajstić information content (AvgIpc) is 2.27. The Morgan fingerprint density at radius 1 is 1.53 bits per heavy atom. The van der Waals surface area contributed by atoms with E-state index in [9.17, 15) is 4.79 Å². The highest BCUT2D eigenvalue weighted by Crippen LogP contribution is 2.36. The van der Waals surface area contributed by atoms with E-state index >= 15 is 0 Å². The monoisotopic (exact) mass is 241 g/mol. The van der Waals surface area contributed by atoms with E-state index in [2.05, 4.69) is 26.1 Å². The Morgan fingerprint density at radius 2 is 2.24 bits per heavy atom. The smallest absolute Gasteiger partial charge is 0.326 e. The van der Waals surface area contributed by atoms with Gasteiger partial charge in [0, 0.05) is 0 Å². The van der Waals surface area contributed by atoms with Crippen molar-refractivity contribution in [2.45, 2.75) is 58.4 Å². The molecule has 0 aliphatic heterocycles. The third kappa shape index (κ3) is 3.70. The molecule has 2 atom stereocenters. The van der Waals surface area contributed by atoms with Crippen molar-refractivity contribution in [3.8, 4) is 0 Å². The zero-order valence-electron chi connectivity index (χ0n) is 11.7. The van der Waals surface area contributed by atoms with Gasteiger partial charge >= 0.3 is 5.97 Å². The first-order valence-electron chi connectivity index (χ1n) is 6.87. The maximum absolute atomic E-state index is 12.0. The van der Waals surface area contributed by atoms with Gasteiger partial charge in [-0.3, -0.25) is 4.79 Å². The van der Waals surface area contributed by atoms with Crippen molar-refractivity contribution < 1.29 is 9.53 Å². The molecule has 1 saturated carbocycles. The topological polar surface area (TPSA) is 38.3 Å². The number of ether oxygens (including phenoxy) is 1. The molecule has 3 heteroatoms. The van der Waals surface area contributed by atoms with Crippen LogP contribution in [-0.4, -0.2) is 25.2 Å². The maximum atomic E-state index is 12.0. The fourth-order valence-electron chi connectivity index (χ4n) is 3.21. The highest BCUT2D eigenvalue weighted by molar-refractivity contribution is 5.80. The van der Waals surface area contributed by atoms with Crippen LogP contribution in [0.15, 0.2) is 0 Å². The summed E-state index contributed by atoms with van der Waals surface area (Å²) < 4.78 is 5.00. The van der Waals surface area contributed by atoms with Crippen molar-refractivity contribution >= 4 is 5.97 Å². The molecule has 0 radical (unpaired) electrons. The SMILES string of the molecule is CCNC1(C(=O)OC)CCCC(CC(C)C)C1. The zero-order chi connectivity index (χ0) is 12.9. The van der Waals surface area contributed by atoms with E-state index in [0.717, 1.165) is 25.8 Å². The van der Waals surface area contributed by atoms with Crippen molar-refractivity contribution in [1.82, 2.24) is 5.32 Å². The van der Waals surface area contributed by atoms with Crippen LogP contribution in [0.3, 0.4) is 0 Å². The van der Waals surface area contributed by atoms with Crippen molar-refractivity contribution in [2.75, 3.05) is 13.7 Å². The second kappa shape index (κ2) is 6.39. The number of likely N-dealkylation sites (N-methyl/N-ethyl adjacent to an activating group) is 1. The summed E-state index contributed by atoms with van der Waals surface area (Å²) in [7, 11) is 1.49. The third-order valence-corrected chi connectivity index (χ3v) is 3.75. The number of esters is 1. The minimum Gasteiger partial charge on any atom is -0.468 e. The molecule has 1 aliphatic rings. The van der Waals surface area contributed by atoms with Gasteiger partial charge in [0.25, 0.3) is 0 Å². The summed E-state index contributed by atoms with van der Waals surface area (Å²) >= 11 is 0. The van der Waals surface area contributed by atoms with Gasteiger partial charge in [0.2, 0.25) is 0 Å². The number of nitrogens with one attached hydrogen (secondary N) is 1. The Balaban J connectivity index is 2.72. The van der Waals surface area contributed by atoms with Crippen LogP contribution in [0.5, 0.6) is 0 Å². The number of methoxy groups -OCH3 is 1. The summed E-state index contributed by atoms with van der Waals surface area (Å²) in [5.74, 6) is 1.28. The van der Waals surface area contributed by atoms with Gasteiger partial charge in [-0.25, -0.2) is 0 Å². The quantitative estimate of drug-likeness (QED) is 0.752. The van der Waals surface area contributed by atoms with Crippen molar-refractivity contribution in [1.29, 1.82) is 0 Å². The van der Waals surface area contributed by atoms with E-state index < -0.39 is 5.54 Å². The molecule has 1 rings (SSSR count). The molecule has 3 nitrogen and oxygen atoms in total. The van der Waals surface area contributed by atoms with Crippen LogP contribution in [0, 0.1) is 11.8 Å². The Morgan fingerprint density at radius 3 is 2.76 bits per heavy atom. The number of hydrogen-bond donors (Lipinski definition) is 1. The molecule has 0 spiro atoms. The lowest BCUT2D eigenvalue weighted by atomic mass is 9.73. The first kappa shape index (κ1) is 14.5. The van der Waals surface area contributed by atoms with E-state index in [1.807, 2.05) is 0 Å². The lowest BCUT2D eigenvalue weighted by molar-refractivity contribution is -0.151. The van der Waals surface area contributed by atoms with Crippen molar-refractivity contribution in [3.63, 3.8) is 0 Å². The molecule has 1 N–H and O–H groups in total. The summed E-state index contributed by atoms with van der Waals surface area (Å²) in [5, 5.41) is 3.38. The highest BCUT2D eigenvalue weighted by Gasteiger charge is 2.42. The van der Waals surface area contributed by atoms with Crippen LogP contribution in [0.25, 0.3) is 0 Å². The van der Waals surface area contributed by atoms with Gasteiger partial charge in [0.05, 0.1) is 7.11 Å². The summed E-state index contributed by atoms with van der Waals surface area (Å²) in [4.78, 5) is 12.0. The second-order valence-corrected chi connectivity index (χ2v) is 5.70. The third-order valence-electron chi connectivity index (χ3n) is 3.75. The van der Waals surface area contributed by atoms with E-state index in [4.69, 9.17) is 4.74 Å². The number of hydrogen-bond acceptors (Lipinski definition) is 3. The Bertz CT molecular complexity index is 249. The largest absolute Gasteiger partial charge is 0.468 e. The van der Waals surface area contributed by atoms with E-state index in [1.165, 1.54) is 20.0 Å². The lowest BCUT2D eigenvalue weighted by Crippen LogP contribution is -2.55. The summed E-state index contributed by atoms with van der Waals surface area (Å²) in [6.45, 7) is 7.38. The van der Waals surface area contributed by atoms with Gasteiger partial charge in [-0.15, -0.1) is 0 Å². The number of rotatable bonds is 5. The first-order valence-corrected chi connectivity index (χ1v) is 6.87. The average molecular weight is 241 g/mol. The van der Waals surface area contributed by atoms with Gasteiger partial charge in [0.1, 0.15) is 5.54 Å². The molecule has 0 aromatic carbocycles. The Labute approximate surface area is 105 Å². The van der Waals surface area contributed by atoms with Crippen LogP contribution in [-0.2, 0) is 9.53 Å². The molecular formula is C14H27NO2. The fraction of sp³-hybridized carbons (Fsp3) is 0.929. The van der Waals surface area contributed by atoms with E-state index in [-0.39, 0.29) is 5.97 Å². The highest BCUT2D eigenvalue weighted by atomic mass is 16.5. The van der Waals surface area contributed by atoms with Crippen LogP contribution < -0.4 is 5.32 Å². The normalized spacial score (nSPS) is 29.4. The number of carbonyl (C=O) groups is 1. The molecule has 0 aromatic heterocycles. The Hall–Kier alpha value is -0.570. The molecule has 2 unspecified atom stereocenters. The molecular weight excluding hydrogens is 214 g/mol. The summed E-state index contributed by atoms with van der Waals surface area (Å²) in [5.41, 5.74) is -0.415. The van der Waals surface area contributed by atoms with Crippen molar-refractivity contribution in [2.24, 2.45) is 11.8 Å². The van der Waals surface area contributed by atoms with Crippen LogP contribution >= 0.6 is 0 Å². The standard InChI is InChI=1S/C14H27NO2/c1-5-15-14(13(16)17-4)8-6-7-12(10-14)9-11(2)3/h11-12,15H,5-10H2,1-4H3. The molecule has 0 saturated heterocycles. The van der Waals surface area contributed by atoms with Gasteiger partial charge in [-0.2, -0.15) is 0 Å². The fourth-order valence-corrected chi connectivity index (χ4v) is 3.21. The molecule has 17 heavy (non-hydrogen) atoms. The van der Waals surface area contributed by atoms with Gasteiger partial charge < -0.3 is 10.1 Å². The predicted octanol–water partition coefficient (Wildman–Crippen LogP) is 2.74. The molecule has 0 amide bonds. The van der Waals surface area contributed by atoms with Crippen LogP contribution in [0.4, 0.5) is 0 Å². The van der Waals surface area contributed by atoms with Gasteiger partial charge in [-0.1, -0.05) is 33.6 Å². The summed E-state index contributed by atoms with van der Waals surface area (Å²) in [6.07, 6.45) is 5.44. The predicted molar refractivity (Wildman–Crippen MR) is 69.8 cm³/mol. The second-order valence-electron chi connectivity index (χ2n) is 5.70. The van der Waals surface area contributed by atoms with Gasteiger partial charge in [-0.05, 0) is 37.6 Å². The summed E-state index contributed by atoms with van der Waals surface area (Å²) in [6, 6.07) is 0. The van der Waals surface area contributed by atoms with Crippen LogP contribution in [0.1, 0.15) is 52.9 Å². The molecule has 0 aromatic rings. The number of carbonyl (C=O) groups excluding carboxylic acids is 1. The van der Waals surface area contributed by atoms with Gasteiger partial charge in [0.15, 0.2) is 0 Å². The van der Waals surface area contributed by atoms with E-state index in [0.29, 0.717) is 11.8 Å². The Kier molecular flexibility index (Phi) is 5.44.